The van der Waals surface area contributed by atoms with Gasteiger partial charge in [-0.3, -0.25) is 10.1 Å². The Hall–Kier alpha value is -2.34. The minimum absolute atomic E-state index is 0.255. The number of aromatic nitrogens is 1. The number of carbonyl (C=O) groups is 1. The van der Waals surface area contributed by atoms with E-state index in [9.17, 15) is 4.79 Å². The summed E-state index contributed by atoms with van der Waals surface area (Å²) in [6, 6.07) is 12.6. The summed E-state index contributed by atoms with van der Waals surface area (Å²) in [5.74, 6) is -0.0858. The smallest absolute Gasteiger partial charge is 0.293 e. The van der Waals surface area contributed by atoms with Gasteiger partial charge in [-0.25, -0.2) is 4.98 Å². The quantitative estimate of drug-likeness (QED) is 0.429. The fraction of sp³-hybridized carbons (Fsp3) is 0.0526. The monoisotopic (exact) mass is 402 g/mol. The number of nitrogens with zero attached hydrogens (tertiary/aromatic N) is 1. The summed E-state index contributed by atoms with van der Waals surface area (Å²) < 4.78 is 5.68. The highest BCUT2D eigenvalue weighted by molar-refractivity contribution is 7.14. The molecule has 0 saturated carbocycles. The zero-order valence-electron chi connectivity index (χ0n) is 13.5. The van der Waals surface area contributed by atoms with Gasteiger partial charge in [0.25, 0.3) is 5.91 Å². The first kappa shape index (κ1) is 17.1. The molecule has 7 heteroatoms. The lowest BCUT2D eigenvalue weighted by Gasteiger charge is -2.00. The van der Waals surface area contributed by atoms with Crippen LogP contribution in [-0.2, 0) is 0 Å². The van der Waals surface area contributed by atoms with Crippen molar-refractivity contribution in [3.63, 3.8) is 0 Å². The number of aryl methyl sites for hydroxylation is 1. The topological polar surface area (TPSA) is 55.1 Å². The number of carbonyl (C=O) groups excluding carboxylic acids is 1. The Morgan fingerprint density at radius 1 is 1.12 bits per heavy atom. The predicted molar refractivity (Wildman–Crippen MR) is 106 cm³/mol. The highest BCUT2D eigenvalue weighted by Gasteiger charge is 2.19. The Morgan fingerprint density at radius 2 is 1.85 bits per heavy atom. The molecule has 2 heterocycles. The van der Waals surface area contributed by atoms with Crippen LogP contribution in [0.4, 0.5) is 5.13 Å². The molecule has 0 spiro atoms. The van der Waals surface area contributed by atoms with E-state index in [2.05, 4.69) is 10.3 Å². The van der Waals surface area contributed by atoms with E-state index in [-0.39, 0.29) is 11.7 Å². The molecule has 0 atom stereocenters. The second-order valence-electron chi connectivity index (χ2n) is 5.70. The average molecular weight is 403 g/mol. The number of hydrogen-bond donors (Lipinski definition) is 1. The van der Waals surface area contributed by atoms with Crippen LogP contribution in [0.25, 0.3) is 22.2 Å². The number of nitrogens with one attached hydrogen (secondary N) is 1. The van der Waals surface area contributed by atoms with Gasteiger partial charge in [-0.1, -0.05) is 35.3 Å². The van der Waals surface area contributed by atoms with Gasteiger partial charge in [-0.05, 0) is 37.3 Å². The zero-order chi connectivity index (χ0) is 18.3. The lowest BCUT2D eigenvalue weighted by Crippen LogP contribution is -2.11. The van der Waals surface area contributed by atoms with Crippen LogP contribution in [0.15, 0.2) is 52.3 Å². The molecule has 1 N–H and O–H groups in total. The van der Waals surface area contributed by atoms with E-state index in [4.69, 9.17) is 27.6 Å². The van der Waals surface area contributed by atoms with E-state index < -0.39 is 0 Å². The third-order valence-electron chi connectivity index (χ3n) is 3.97. The van der Waals surface area contributed by atoms with Crippen LogP contribution in [-0.4, -0.2) is 10.9 Å². The molecule has 0 radical (unpaired) electrons. The van der Waals surface area contributed by atoms with Crippen molar-refractivity contribution < 1.29 is 9.21 Å². The molecule has 130 valence electrons. The molecule has 0 unspecified atom stereocenters. The molecule has 4 rings (SSSR count). The molecule has 4 nitrogen and oxygen atoms in total. The molecule has 0 bridgehead atoms. The van der Waals surface area contributed by atoms with Gasteiger partial charge in [0, 0.05) is 31.9 Å². The fourth-order valence-electron chi connectivity index (χ4n) is 2.65. The van der Waals surface area contributed by atoms with Crippen molar-refractivity contribution in [1.29, 1.82) is 0 Å². The molecule has 0 aliphatic carbocycles. The van der Waals surface area contributed by atoms with Crippen LogP contribution in [0.2, 0.25) is 10.0 Å². The first-order valence-corrected chi connectivity index (χ1v) is 9.36. The van der Waals surface area contributed by atoms with Crippen molar-refractivity contribution >= 4 is 56.5 Å². The second-order valence-corrected chi connectivity index (χ2v) is 7.43. The van der Waals surface area contributed by atoms with E-state index in [0.29, 0.717) is 20.8 Å². The summed E-state index contributed by atoms with van der Waals surface area (Å²) in [4.78, 5) is 17.0. The Bertz CT molecular complexity index is 1120. The van der Waals surface area contributed by atoms with E-state index in [1.807, 2.05) is 24.4 Å². The molecule has 26 heavy (non-hydrogen) atoms. The summed E-state index contributed by atoms with van der Waals surface area (Å²) >= 11 is 13.3. The number of anilines is 1. The molecule has 0 fully saturated rings. The molecule has 0 aliphatic rings. The van der Waals surface area contributed by atoms with Crippen LogP contribution in [0.5, 0.6) is 0 Å². The number of hydrogen-bond acceptors (Lipinski definition) is 4. The van der Waals surface area contributed by atoms with E-state index in [0.717, 1.165) is 22.2 Å². The van der Waals surface area contributed by atoms with Gasteiger partial charge in [0.05, 0.1) is 5.69 Å². The van der Waals surface area contributed by atoms with Crippen LogP contribution < -0.4 is 5.32 Å². The Kier molecular flexibility index (Phi) is 4.44. The minimum Gasteiger partial charge on any atom is -0.451 e. The maximum Gasteiger partial charge on any atom is 0.293 e. The number of furan rings is 1. The van der Waals surface area contributed by atoms with E-state index in [1.165, 1.54) is 11.3 Å². The molecule has 0 aliphatic heterocycles. The van der Waals surface area contributed by atoms with Crippen LogP contribution in [0.1, 0.15) is 16.1 Å². The van der Waals surface area contributed by atoms with Crippen LogP contribution >= 0.6 is 34.5 Å². The number of benzene rings is 2. The highest BCUT2D eigenvalue weighted by Crippen LogP contribution is 2.30. The van der Waals surface area contributed by atoms with Gasteiger partial charge >= 0.3 is 0 Å². The van der Waals surface area contributed by atoms with Crippen molar-refractivity contribution in [3.05, 3.63) is 69.2 Å². The Balaban J connectivity index is 1.59. The average Bonchev–Trinajstić information content (AvgIpc) is 3.21. The maximum absolute atomic E-state index is 12.6. The molecular weight excluding hydrogens is 391 g/mol. The van der Waals surface area contributed by atoms with Crippen molar-refractivity contribution in [2.45, 2.75) is 6.92 Å². The SMILES string of the molecule is Cc1c(C(=O)Nc2nc(-c3ccc(Cl)cc3)cs2)oc2ccc(Cl)cc12. The largest absolute Gasteiger partial charge is 0.451 e. The number of rotatable bonds is 3. The van der Waals surface area contributed by atoms with Gasteiger partial charge in [0.15, 0.2) is 10.9 Å². The van der Waals surface area contributed by atoms with Gasteiger partial charge < -0.3 is 4.42 Å². The normalized spacial score (nSPS) is 11.0. The van der Waals surface area contributed by atoms with Gasteiger partial charge in [-0.2, -0.15) is 0 Å². The molecule has 2 aromatic heterocycles. The summed E-state index contributed by atoms with van der Waals surface area (Å²) in [5, 5.41) is 7.25. The van der Waals surface area contributed by atoms with Crippen molar-refractivity contribution in [2.24, 2.45) is 0 Å². The number of halogens is 2. The Labute approximate surface area is 163 Å². The van der Waals surface area contributed by atoms with Gasteiger partial charge in [0.2, 0.25) is 0 Å². The first-order valence-electron chi connectivity index (χ1n) is 7.73. The first-order chi connectivity index (χ1) is 12.5. The van der Waals surface area contributed by atoms with Crippen molar-refractivity contribution in [1.82, 2.24) is 4.98 Å². The standard InChI is InChI=1S/C19H12Cl2N2O2S/c1-10-14-8-13(21)6-7-16(14)25-17(10)18(24)23-19-22-15(9-26-19)11-2-4-12(20)5-3-11/h2-9H,1H3,(H,22,23,24). The molecule has 0 saturated heterocycles. The minimum atomic E-state index is -0.341. The van der Waals surface area contributed by atoms with Crippen LogP contribution in [0, 0.1) is 6.92 Å². The maximum atomic E-state index is 12.6. The molecule has 2 aromatic carbocycles. The fourth-order valence-corrected chi connectivity index (χ4v) is 3.66. The predicted octanol–water partition coefficient (Wildman–Crippen LogP) is 6.42. The number of thiazole rings is 1. The van der Waals surface area contributed by atoms with Crippen molar-refractivity contribution in [3.8, 4) is 11.3 Å². The van der Waals surface area contributed by atoms with E-state index in [1.54, 1.807) is 30.3 Å². The van der Waals surface area contributed by atoms with Gasteiger partial charge in [0.1, 0.15) is 5.58 Å². The molecule has 1 amide bonds. The van der Waals surface area contributed by atoms with Crippen LogP contribution in [0.3, 0.4) is 0 Å². The zero-order valence-corrected chi connectivity index (χ0v) is 15.9. The van der Waals surface area contributed by atoms with E-state index >= 15 is 0 Å². The lowest BCUT2D eigenvalue weighted by atomic mass is 10.1. The molecule has 4 aromatic rings. The summed E-state index contributed by atoms with van der Waals surface area (Å²) in [6.07, 6.45) is 0. The highest BCUT2D eigenvalue weighted by atomic mass is 35.5. The summed E-state index contributed by atoms with van der Waals surface area (Å²) in [7, 11) is 0. The van der Waals surface area contributed by atoms with Crippen molar-refractivity contribution in [2.75, 3.05) is 5.32 Å². The number of amides is 1. The third kappa shape index (κ3) is 3.21. The number of fused-ring (bicyclic) bond motifs is 1. The lowest BCUT2D eigenvalue weighted by molar-refractivity contribution is 0.0998. The Morgan fingerprint density at radius 3 is 2.62 bits per heavy atom. The van der Waals surface area contributed by atoms with Gasteiger partial charge in [-0.15, -0.1) is 11.3 Å². The third-order valence-corrected chi connectivity index (χ3v) is 5.21. The summed E-state index contributed by atoms with van der Waals surface area (Å²) in [5.41, 5.74) is 3.07. The summed E-state index contributed by atoms with van der Waals surface area (Å²) in [6.45, 7) is 1.83. The second kappa shape index (κ2) is 6.76. The molecular formula is C19H12Cl2N2O2S.